The summed E-state index contributed by atoms with van der Waals surface area (Å²) in [5, 5.41) is 0. The maximum atomic E-state index is 8.94. The Morgan fingerprint density at radius 1 is 0.750 bits per heavy atom. The van der Waals surface area contributed by atoms with E-state index in [9.17, 15) is 0 Å². The van der Waals surface area contributed by atoms with E-state index in [1.54, 1.807) is 0 Å². The zero-order chi connectivity index (χ0) is 11.4. The van der Waals surface area contributed by atoms with Crippen LogP contribution in [0.1, 0.15) is 0 Å². The second-order valence-corrected chi connectivity index (χ2v) is 6.54. The van der Waals surface area contributed by atoms with Crippen LogP contribution in [0, 0.1) is 0 Å². The van der Waals surface area contributed by atoms with Gasteiger partial charge in [0.25, 0.3) is 0 Å². The highest BCUT2D eigenvalue weighted by Crippen LogP contribution is 2.21. The van der Waals surface area contributed by atoms with E-state index in [2.05, 4.69) is 12.1 Å². The number of benzene rings is 2. The Morgan fingerprint density at radius 3 is 1.88 bits per heavy atom. The molecule has 0 radical (unpaired) electrons. The lowest BCUT2D eigenvalue weighted by Crippen LogP contribution is -1.78. The number of thiol groups is 1. The molecule has 0 amide bonds. The van der Waals surface area contributed by atoms with Crippen molar-refractivity contribution >= 4 is 18.1 Å². The van der Waals surface area contributed by atoms with Crippen molar-refractivity contribution in [1.82, 2.24) is 0 Å². The van der Waals surface area contributed by atoms with E-state index in [1.807, 2.05) is 42.5 Å². The van der Waals surface area contributed by atoms with Crippen LogP contribution < -0.4 is 0 Å². The first kappa shape index (κ1) is 11.6. The Hall–Kier alpha value is -0.860. The summed E-state index contributed by atoms with van der Waals surface area (Å²) in [6.45, 7) is 0. The fourth-order valence-electron chi connectivity index (χ4n) is 1.47. The fourth-order valence-corrected chi connectivity index (χ4v) is 3.14. The summed E-state index contributed by atoms with van der Waals surface area (Å²) in [7, 11) is -1.57. The third-order valence-corrected chi connectivity index (χ3v) is 4.33. The number of rotatable bonds is 2. The highest BCUT2D eigenvalue weighted by Gasteiger charge is 1.95. The van der Waals surface area contributed by atoms with Gasteiger partial charge in [0.05, 0.1) is 0 Å². The predicted molar refractivity (Wildman–Crippen MR) is 71.7 cm³/mol. The molecule has 0 spiro atoms. The Morgan fingerprint density at radius 2 is 1.31 bits per heavy atom. The molecule has 0 unspecified atom stereocenters. The topological polar surface area (TPSA) is 40.5 Å². The van der Waals surface area contributed by atoms with E-state index >= 15 is 0 Å². The number of hydrogen-bond donors (Lipinski definition) is 3. The average molecular weight is 252 g/mol. The minimum atomic E-state index is -2.19. The average Bonchev–Trinajstić information content (AvgIpc) is 2.30. The lowest BCUT2D eigenvalue weighted by atomic mass is 10.1. The molecule has 0 saturated heterocycles. The van der Waals surface area contributed by atoms with Gasteiger partial charge < -0.3 is 9.79 Å². The molecule has 2 N–H and O–H groups in total. The maximum Gasteiger partial charge on any atom is 0.132 e. The van der Waals surface area contributed by atoms with E-state index in [0.29, 0.717) is 10.9 Å². The van der Waals surface area contributed by atoms with Crippen molar-refractivity contribution in [3.63, 3.8) is 0 Å². The molecular weight excluding hydrogens is 239 g/mol. The van der Waals surface area contributed by atoms with Crippen LogP contribution in [0.2, 0.25) is 0 Å². The molecule has 0 aliphatic carbocycles. The predicted octanol–water partition coefficient (Wildman–Crippen LogP) is 2.47. The zero-order valence-electron chi connectivity index (χ0n) is 8.54. The van der Waals surface area contributed by atoms with Crippen molar-refractivity contribution in [2.75, 3.05) is 0 Å². The summed E-state index contributed by atoms with van der Waals surface area (Å²) in [6, 6.07) is 18.0. The van der Waals surface area contributed by atoms with Crippen LogP contribution in [0.15, 0.2) is 59.5 Å². The molecule has 0 bridgehead atoms. The first-order chi connectivity index (χ1) is 7.75. The first-order valence-corrected chi connectivity index (χ1v) is 8.01. The van der Waals surface area contributed by atoms with Crippen LogP contribution >= 0.6 is 7.15 Å². The lowest BCUT2D eigenvalue weighted by molar-refractivity contribution is 0.509. The van der Waals surface area contributed by atoms with Gasteiger partial charge in [0, 0.05) is 4.90 Å². The van der Waals surface area contributed by atoms with Crippen LogP contribution in [0.25, 0.3) is 11.1 Å². The molecule has 0 aliphatic rings. The van der Waals surface area contributed by atoms with Crippen LogP contribution in [0.3, 0.4) is 0 Å². The Kier molecular flexibility index (Phi) is 3.97. The minimum absolute atomic E-state index is 0.622. The van der Waals surface area contributed by atoms with Gasteiger partial charge in [0.1, 0.15) is 7.15 Å². The van der Waals surface area contributed by atoms with E-state index < -0.39 is 7.15 Å². The van der Waals surface area contributed by atoms with Gasteiger partial charge in [-0.1, -0.05) is 42.5 Å². The molecule has 0 heterocycles. The molecule has 2 aromatic carbocycles. The molecule has 2 aromatic rings. The minimum Gasteiger partial charge on any atom is -0.351 e. The lowest BCUT2D eigenvalue weighted by Gasteiger charge is -2.02. The summed E-state index contributed by atoms with van der Waals surface area (Å²) >= 11 is 0. The van der Waals surface area contributed by atoms with Gasteiger partial charge in [0.15, 0.2) is 0 Å². The highest BCUT2D eigenvalue weighted by molar-refractivity contribution is 8.11. The number of hydrogen-bond acceptors (Lipinski definition) is 0. The van der Waals surface area contributed by atoms with E-state index in [-0.39, 0.29) is 0 Å². The highest BCUT2D eigenvalue weighted by atomic mass is 32.5. The molecule has 16 heavy (non-hydrogen) atoms. The van der Waals surface area contributed by atoms with Crippen molar-refractivity contribution in [3.8, 4) is 11.1 Å². The third-order valence-electron chi connectivity index (χ3n) is 2.20. The van der Waals surface area contributed by atoms with Gasteiger partial charge in [-0.05, 0) is 23.3 Å². The second-order valence-electron chi connectivity index (χ2n) is 3.32. The molecular formula is C12H13O2PS. The zero-order valence-corrected chi connectivity index (χ0v) is 10.4. The second kappa shape index (κ2) is 5.46. The molecule has 0 fully saturated rings. The summed E-state index contributed by atoms with van der Waals surface area (Å²) in [5.74, 6) is 0. The van der Waals surface area contributed by atoms with Crippen molar-refractivity contribution in [3.05, 3.63) is 54.6 Å². The third kappa shape index (κ3) is 3.06. The molecule has 2 nitrogen and oxygen atoms in total. The molecule has 4 heteroatoms. The maximum absolute atomic E-state index is 8.94. The first-order valence-electron chi connectivity index (χ1n) is 4.88. The van der Waals surface area contributed by atoms with Crippen LogP contribution in [0.4, 0.5) is 0 Å². The standard InChI is InChI=1S/C12H13O2PS/c13-15(14)16-12-8-6-11(7-9-12)10-4-2-1-3-5-10/h1-9,13-16H. The van der Waals surface area contributed by atoms with Crippen molar-refractivity contribution < 1.29 is 9.79 Å². The van der Waals surface area contributed by atoms with Gasteiger partial charge >= 0.3 is 0 Å². The van der Waals surface area contributed by atoms with E-state index in [0.717, 1.165) is 10.5 Å². The molecule has 0 saturated carbocycles. The summed E-state index contributed by atoms with van der Waals surface area (Å²) in [4.78, 5) is 18.8. The molecule has 0 aliphatic heterocycles. The summed E-state index contributed by atoms with van der Waals surface area (Å²) in [5.41, 5.74) is 2.31. The van der Waals surface area contributed by atoms with Crippen molar-refractivity contribution in [2.24, 2.45) is 0 Å². The SMILES string of the molecule is O[PH](O)=[SH]c1ccc(-c2ccccc2)cc1. The quantitative estimate of drug-likeness (QED) is 0.567. The largest absolute Gasteiger partial charge is 0.351 e. The van der Waals surface area contributed by atoms with Crippen LogP contribution in [-0.2, 0) is 10.9 Å². The van der Waals surface area contributed by atoms with Gasteiger partial charge in [-0.25, -0.2) is 0 Å². The van der Waals surface area contributed by atoms with Gasteiger partial charge in [-0.3, -0.25) is 0 Å². The van der Waals surface area contributed by atoms with E-state index in [1.165, 1.54) is 5.56 Å². The Labute approximate surface area is 98.8 Å². The molecule has 0 aromatic heterocycles. The molecule has 84 valence electrons. The van der Waals surface area contributed by atoms with Crippen LogP contribution in [0.5, 0.6) is 0 Å². The Bertz CT molecular complexity index is 490. The van der Waals surface area contributed by atoms with Gasteiger partial charge in [-0.2, -0.15) is 0 Å². The fraction of sp³-hybridized carbons (Fsp3) is 0. The molecule has 0 atom stereocenters. The van der Waals surface area contributed by atoms with Gasteiger partial charge in [0.2, 0.25) is 0 Å². The summed E-state index contributed by atoms with van der Waals surface area (Å²) in [6.07, 6.45) is 0. The summed E-state index contributed by atoms with van der Waals surface area (Å²) < 4.78 is 0. The monoisotopic (exact) mass is 252 g/mol. The molecule has 2 rings (SSSR count). The smallest absolute Gasteiger partial charge is 0.132 e. The normalized spacial score (nSPS) is 10.7. The van der Waals surface area contributed by atoms with Gasteiger partial charge in [-0.15, -0.1) is 10.9 Å². The van der Waals surface area contributed by atoms with Crippen molar-refractivity contribution in [2.45, 2.75) is 4.90 Å². The van der Waals surface area contributed by atoms with Crippen molar-refractivity contribution in [1.29, 1.82) is 0 Å². The Balaban J connectivity index is 2.30. The van der Waals surface area contributed by atoms with E-state index in [4.69, 9.17) is 9.79 Å². The van der Waals surface area contributed by atoms with Crippen LogP contribution in [-0.4, -0.2) is 9.79 Å².